The smallest absolute Gasteiger partial charge is 0.264 e. The van der Waals surface area contributed by atoms with Gasteiger partial charge in [0.25, 0.3) is 5.56 Å². The molecule has 1 aliphatic rings. The Morgan fingerprint density at radius 1 is 1.12 bits per heavy atom. The largest absolute Gasteiger partial charge is 0.360 e. The molecule has 1 saturated carbocycles. The van der Waals surface area contributed by atoms with Crippen molar-refractivity contribution in [2.24, 2.45) is 0 Å². The highest BCUT2D eigenvalue weighted by Crippen LogP contribution is 2.35. The molecular weight excluding hydrogens is 450 g/mol. The van der Waals surface area contributed by atoms with Crippen LogP contribution in [0.5, 0.6) is 0 Å². The molecule has 4 aromatic rings. The quantitative estimate of drug-likeness (QED) is 0.410. The number of hydrogen-bond donors (Lipinski definition) is 1. The van der Waals surface area contributed by atoms with Gasteiger partial charge in [-0.1, -0.05) is 53.2 Å². The topological polar surface area (TPSA) is 77.1 Å². The van der Waals surface area contributed by atoms with Crippen LogP contribution in [0.25, 0.3) is 21.8 Å². The van der Waals surface area contributed by atoms with Gasteiger partial charge in [-0.3, -0.25) is 9.59 Å². The number of hydrogen-bond acceptors (Lipinski definition) is 4. The van der Waals surface area contributed by atoms with Crippen molar-refractivity contribution in [3.05, 3.63) is 75.2 Å². The lowest BCUT2D eigenvalue weighted by Crippen LogP contribution is -2.47. The summed E-state index contributed by atoms with van der Waals surface area (Å²) in [5.41, 5.74) is 1.46. The zero-order valence-electron chi connectivity index (χ0n) is 19.6. The molecule has 7 heteroatoms. The van der Waals surface area contributed by atoms with Gasteiger partial charge in [0, 0.05) is 17.5 Å². The molecule has 0 bridgehead atoms. The second-order valence-electron chi connectivity index (χ2n) is 9.75. The lowest BCUT2D eigenvalue weighted by atomic mass is 9.82. The minimum Gasteiger partial charge on any atom is -0.360 e. The molecule has 1 aliphatic carbocycles. The number of halogens is 1. The Balaban J connectivity index is 1.50. The molecule has 2 aromatic carbocycles. The summed E-state index contributed by atoms with van der Waals surface area (Å²) >= 11 is 6.56. The average Bonchev–Trinajstić information content (AvgIpc) is 3.21. The van der Waals surface area contributed by atoms with Crippen LogP contribution in [0.4, 0.5) is 0 Å². The summed E-state index contributed by atoms with van der Waals surface area (Å²) in [7, 11) is 0. The molecule has 0 spiro atoms. The van der Waals surface area contributed by atoms with E-state index in [0.717, 1.165) is 35.7 Å². The number of fused-ring (bicyclic) bond motifs is 3. The molecule has 1 fully saturated rings. The van der Waals surface area contributed by atoms with Crippen LogP contribution in [0.3, 0.4) is 0 Å². The molecule has 2 aromatic heterocycles. The van der Waals surface area contributed by atoms with Gasteiger partial charge in [-0.05, 0) is 64.2 Å². The fraction of sp³-hybridized carbons (Fsp3) is 0.370. The van der Waals surface area contributed by atoms with Crippen molar-refractivity contribution < 1.29 is 9.32 Å². The van der Waals surface area contributed by atoms with Crippen molar-refractivity contribution in [2.75, 3.05) is 0 Å². The van der Waals surface area contributed by atoms with Gasteiger partial charge in [0.1, 0.15) is 16.7 Å². The van der Waals surface area contributed by atoms with E-state index in [1.807, 2.05) is 60.9 Å². The van der Waals surface area contributed by atoms with Crippen molar-refractivity contribution in [3.63, 3.8) is 0 Å². The molecule has 2 heterocycles. The first kappa shape index (κ1) is 22.7. The second kappa shape index (κ2) is 8.58. The normalized spacial score (nSPS) is 18.9. The molecule has 5 rings (SSSR count). The lowest BCUT2D eigenvalue weighted by molar-refractivity contribution is -0.126. The highest BCUT2D eigenvalue weighted by Gasteiger charge is 2.34. The fourth-order valence-corrected chi connectivity index (χ4v) is 5.48. The number of amides is 1. The Morgan fingerprint density at radius 2 is 1.88 bits per heavy atom. The van der Waals surface area contributed by atoms with E-state index in [4.69, 9.17) is 16.1 Å². The first-order valence-corrected chi connectivity index (χ1v) is 12.1. The number of aromatic nitrogens is 2. The second-order valence-corrected chi connectivity index (χ2v) is 10.2. The van der Waals surface area contributed by atoms with E-state index in [9.17, 15) is 9.59 Å². The summed E-state index contributed by atoms with van der Waals surface area (Å²) in [5.74, 6) is 0.482. The van der Waals surface area contributed by atoms with E-state index < -0.39 is 5.41 Å². The van der Waals surface area contributed by atoms with E-state index in [2.05, 4.69) is 10.5 Å². The van der Waals surface area contributed by atoms with Gasteiger partial charge in [-0.2, -0.15) is 0 Å². The Kier molecular flexibility index (Phi) is 5.72. The SMILES string of the molecule is Cc1onc2c1c(=O)n(C1CCCC(NC(=O)C(C)(C)c3ccccc3)C1)c1cccc(Cl)c21. The van der Waals surface area contributed by atoms with Gasteiger partial charge in [-0.25, -0.2) is 0 Å². The molecule has 0 saturated heterocycles. The fourth-order valence-electron chi connectivity index (χ4n) is 5.22. The molecule has 0 aliphatic heterocycles. The van der Waals surface area contributed by atoms with Crippen molar-refractivity contribution >= 4 is 39.3 Å². The number of rotatable bonds is 4. The van der Waals surface area contributed by atoms with E-state index in [0.29, 0.717) is 28.1 Å². The molecule has 1 amide bonds. The van der Waals surface area contributed by atoms with Crippen molar-refractivity contribution in [1.82, 2.24) is 15.0 Å². The third-order valence-corrected chi connectivity index (χ3v) is 7.51. The predicted molar refractivity (Wildman–Crippen MR) is 134 cm³/mol. The summed E-state index contributed by atoms with van der Waals surface area (Å²) < 4.78 is 7.22. The van der Waals surface area contributed by atoms with E-state index in [1.165, 1.54) is 0 Å². The first-order chi connectivity index (χ1) is 16.3. The van der Waals surface area contributed by atoms with Gasteiger partial charge in [0.05, 0.1) is 16.0 Å². The van der Waals surface area contributed by atoms with Crippen LogP contribution >= 0.6 is 11.6 Å². The molecule has 2 atom stereocenters. The number of nitrogens with zero attached hydrogens (tertiary/aromatic N) is 2. The van der Waals surface area contributed by atoms with Crippen LogP contribution in [0.2, 0.25) is 5.02 Å². The highest BCUT2D eigenvalue weighted by atomic mass is 35.5. The Bertz CT molecular complexity index is 1440. The van der Waals surface area contributed by atoms with Gasteiger partial charge >= 0.3 is 0 Å². The predicted octanol–water partition coefficient (Wildman–Crippen LogP) is 5.68. The zero-order valence-corrected chi connectivity index (χ0v) is 20.4. The van der Waals surface area contributed by atoms with Gasteiger partial charge in [-0.15, -0.1) is 0 Å². The number of carbonyl (C=O) groups excluding carboxylic acids is 1. The third-order valence-electron chi connectivity index (χ3n) is 7.19. The highest BCUT2D eigenvalue weighted by molar-refractivity contribution is 6.37. The molecule has 2 unspecified atom stereocenters. The summed E-state index contributed by atoms with van der Waals surface area (Å²) in [6.07, 6.45) is 3.32. The van der Waals surface area contributed by atoms with Crippen molar-refractivity contribution in [1.29, 1.82) is 0 Å². The minimum atomic E-state index is -0.649. The Labute approximate surface area is 202 Å². The van der Waals surface area contributed by atoms with E-state index in [1.54, 1.807) is 13.0 Å². The van der Waals surface area contributed by atoms with Crippen LogP contribution in [-0.4, -0.2) is 21.7 Å². The lowest BCUT2D eigenvalue weighted by Gasteiger charge is -2.34. The van der Waals surface area contributed by atoms with Crippen LogP contribution in [0.15, 0.2) is 57.8 Å². The maximum absolute atomic E-state index is 13.6. The van der Waals surface area contributed by atoms with Gasteiger partial charge in [0.2, 0.25) is 5.91 Å². The van der Waals surface area contributed by atoms with Gasteiger partial charge in [0.15, 0.2) is 0 Å². The molecular formula is C27H28ClN3O3. The zero-order chi connectivity index (χ0) is 24.0. The van der Waals surface area contributed by atoms with Crippen LogP contribution in [-0.2, 0) is 10.2 Å². The molecule has 34 heavy (non-hydrogen) atoms. The average molecular weight is 478 g/mol. The number of benzene rings is 2. The Hall–Kier alpha value is -3.12. The van der Waals surface area contributed by atoms with E-state index >= 15 is 0 Å². The summed E-state index contributed by atoms with van der Waals surface area (Å²) in [5, 5.41) is 9.14. The summed E-state index contributed by atoms with van der Waals surface area (Å²) in [6, 6.07) is 15.3. The first-order valence-electron chi connectivity index (χ1n) is 11.7. The summed E-state index contributed by atoms with van der Waals surface area (Å²) in [4.78, 5) is 26.9. The van der Waals surface area contributed by atoms with E-state index in [-0.39, 0.29) is 23.6 Å². The van der Waals surface area contributed by atoms with Crippen molar-refractivity contribution in [2.45, 2.75) is 64.0 Å². The monoisotopic (exact) mass is 477 g/mol. The number of carbonyl (C=O) groups is 1. The van der Waals surface area contributed by atoms with Crippen LogP contribution < -0.4 is 10.9 Å². The van der Waals surface area contributed by atoms with Crippen LogP contribution in [0, 0.1) is 6.92 Å². The number of nitrogens with one attached hydrogen (secondary N) is 1. The standard InChI is InChI=1S/C27H28ClN3O3/c1-16-22-24(30-34-16)23-20(28)13-8-14-21(23)31(25(22)32)19-12-7-11-18(15-19)29-26(33)27(2,3)17-9-5-4-6-10-17/h4-6,8-10,13-14,18-19H,7,11-12,15H2,1-3H3,(H,29,33). The Morgan fingerprint density at radius 3 is 2.65 bits per heavy atom. The van der Waals surface area contributed by atoms with Crippen molar-refractivity contribution in [3.8, 4) is 0 Å². The molecule has 0 radical (unpaired) electrons. The minimum absolute atomic E-state index is 0.00469. The van der Waals surface area contributed by atoms with Gasteiger partial charge < -0.3 is 14.4 Å². The maximum atomic E-state index is 13.6. The number of aryl methyl sites for hydroxylation is 1. The third kappa shape index (κ3) is 3.70. The van der Waals surface area contributed by atoms with Crippen LogP contribution in [0.1, 0.15) is 56.9 Å². The molecule has 1 N–H and O–H groups in total. The molecule has 6 nitrogen and oxygen atoms in total. The molecule has 176 valence electrons. The maximum Gasteiger partial charge on any atom is 0.264 e. The number of pyridine rings is 1. The summed E-state index contributed by atoms with van der Waals surface area (Å²) in [6.45, 7) is 5.64.